The molecule has 130 valence electrons. The lowest BCUT2D eigenvalue weighted by Crippen LogP contribution is -2.31. The zero-order valence-corrected chi connectivity index (χ0v) is 14.7. The molecule has 0 aliphatic carbocycles. The first-order chi connectivity index (χ1) is 11.5. The molecular formula is C17H24N4O2S. The fourth-order valence-electron chi connectivity index (χ4n) is 3.06. The lowest BCUT2D eigenvalue weighted by Gasteiger charge is -2.17. The van der Waals surface area contributed by atoms with Gasteiger partial charge in [0.05, 0.1) is 4.90 Å². The molecule has 1 saturated heterocycles. The predicted octanol–water partition coefficient (Wildman–Crippen LogP) is 1.41. The number of aromatic nitrogens is 1. The Hall–Kier alpha value is -1.83. The van der Waals surface area contributed by atoms with Crippen LogP contribution < -0.4 is 11.1 Å². The molecule has 2 heterocycles. The van der Waals surface area contributed by atoms with Crippen LogP contribution in [0, 0.1) is 5.92 Å². The molecule has 1 aromatic heterocycles. The van der Waals surface area contributed by atoms with Crippen molar-refractivity contribution in [3.8, 4) is 0 Å². The second-order valence-electron chi connectivity index (χ2n) is 6.33. The fourth-order valence-corrected chi connectivity index (χ4v) is 4.59. The SMILES string of the molecule is Cn1cccc1CNCC1CCN(S(=O)(=O)c2ccc(N)cc2)C1. The number of nitrogen functional groups attached to an aromatic ring is 1. The largest absolute Gasteiger partial charge is 0.399 e. The highest BCUT2D eigenvalue weighted by Gasteiger charge is 2.32. The maximum Gasteiger partial charge on any atom is 0.243 e. The molecule has 0 bridgehead atoms. The first-order valence-electron chi connectivity index (χ1n) is 8.13. The molecule has 0 amide bonds. The van der Waals surface area contributed by atoms with Gasteiger partial charge in [-0.05, 0) is 55.3 Å². The van der Waals surface area contributed by atoms with Crippen molar-refractivity contribution in [1.82, 2.24) is 14.2 Å². The Morgan fingerprint density at radius 1 is 1.25 bits per heavy atom. The van der Waals surface area contributed by atoms with Crippen molar-refractivity contribution in [3.05, 3.63) is 48.3 Å². The van der Waals surface area contributed by atoms with Crippen LogP contribution in [-0.2, 0) is 23.6 Å². The lowest BCUT2D eigenvalue weighted by atomic mass is 10.1. The number of anilines is 1. The van der Waals surface area contributed by atoms with E-state index in [-0.39, 0.29) is 0 Å². The number of benzene rings is 1. The third-order valence-electron chi connectivity index (χ3n) is 4.56. The average Bonchev–Trinajstić information content (AvgIpc) is 3.18. The van der Waals surface area contributed by atoms with Crippen LogP contribution in [0.4, 0.5) is 5.69 Å². The third kappa shape index (κ3) is 3.63. The van der Waals surface area contributed by atoms with Gasteiger partial charge < -0.3 is 15.6 Å². The van der Waals surface area contributed by atoms with Gasteiger partial charge in [0, 0.05) is 44.3 Å². The summed E-state index contributed by atoms with van der Waals surface area (Å²) in [6, 6.07) is 10.5. The van der Waals surface area contributed by atoms with E-state index in [0.717, 1.165) is 19.5 Å². The van der Waals surface area contributed by atoms with E-state index >= 15 is 0 Å². The number of nitrogens with zero attached hydrogens (tertiary/aromatic N) is 2. The Balaban J connectivity index is 1.55. The van der Waals surface area contributed by atoms with Gasteiger partial charge in [-0.25, -0.2) is 8.42 Å². The Morgan fingerprint density at radius 3 is 2.67 bits per heavy atom. The van der Waals surface area contributed by atoms with Crippen molar-refractivity contribution in [2.45, 2.75) is 17.9 Å². The lowest BCUT2D eigenvalue weighted by molar-refractivity contribution is 0.443. The molecule has 2 aromatic rings. The molecule has 1 unspecified atom stereocenters. The molecule has 3 N–H and O–H groups in total. The maximum absolute atomic E-state index is 12.7. The Kier molecular flexibility index (Phi) is 4.93. The minimum atomic E-state index is -3.42. The molecule has 1 atom stereocenters. The molecule has 3 rings (SSSR count). The Morgan fingerprint density at radius 2 is 2.00 bits per heavy atom. The van der Waals surface area contributed by atoms with Gasteiger partial charge >= 0.3 is 0 Å². The zero-order valence-electron chi connectivity index (χ0n) is 13.9. The zero-order chi connectivity index (χ0) is 17.2. The van der Waals surface area contributed by atoms with E-state index in [0.29, 0.717) is 29.6 Å². The highest BCUT2D eigenvalue weighted by molar-refractivity contribution is 7.89. The smallest absolute Gasteiger partial charge is 0.243 e. The highest BCUT2D eigenvalue weighted by Crippen LogP contribution is 2.24. The number of sulfonamides is 1. The number of hydrogen-bond acceptors (Lipinski definition) is 4. The minimum absolute atomic E-state index is 0.314. The van der Waals surface area contributed by atoms with Crippen LogP contribution >= 0.6 is 0 Å². The molecular weight excluding hydrogens is 324 g/mol. The van der Waals surface area contributed by atoms with E-state index in [9.17, 15) is 8.42 Å². The summed E-state index contributed by atoms with van der Waals surface area (Å²) in [5.74, 6) is 0.342. The van der Waals surface area contributed by atoms with Gasteiger partial charge in [0.25, 0.3) is 0 Å². The van der Waals surface area contributed by atoms with Crippen LogP contribution in [0.5, 0.6) is 0 Å². The first kappa shape index (κ1) is 17.0. The summed E-state index contributed by atoms with van der Waals surface area (Å²) in [4.78, 5) is 0.314. The Bertz CT molecular complexity index is 783. The highest BCUT2D eigenvalue weighted by atomic mass is 32.2. The van der Waals surface area contributed by atoms with Crippen LogP contribution in [-0.4, -0.2) is 36.9 Å². The van der Waals surface area contributed by atoms with Crippen molar-refractivity contribution in [2.75, 3.05) is 25.4 Å². The fraction of sp³-hybridized carbons (Fsp3) is 0.412. The number of aryl methyl sites for hydroxylation is 1. The van der Waals surface area contributed by atoms with Crippen molar-refractivity contribution in [2.24, 2.45) is 13.0 Å². The second kappa shape index (κ2) is 6.96. The van der Waals surface area contributed by atoms with Gasteiger partial charge in [-0.3, -0.25) is 0 Å². The number of hydrogen-bond donors (Lipinski definition) is 2. The monoisotopic (exact) mass is 348 g/mol. The normalized spacial score (nSPS) is 19.0. The van der Waals surface area contributed by atoms with Crippen molar-refractivity contribution in [1.29, 1.82) is 0 Å². The topological polar surface area (TPSA) is 80.4 Å². The molecule has 1 aliphatic rings. The van der Waals surface area contributed by atoms with E-state index in [1.807, 2.05) is 19.3 Å². The van der Waals surface area contributed by atoms with Crippen LogP contribution in [0.1, 0.15) is 12.1 Å². The molecule has 1 aromatic carbocycles. The van der Waals surface area contributed by atoms with Crippen LogP contribution in [0.15, 0.2) is 47.5 Å². The van der Waals surface area contributed by atoms with Gasteiger partial charge in [0.2, 0.25) is 10.0 Å². The van der Waals surface area contributed by atoms with Crippen molar-refractivity contribution < 1.29 is 8.42 Å². The standard InChI is InChI=1S/C17H24N4O2S/c1-20-9-2-3-16(20)12-19-11-14-8-10-21(13-14)24(22,23)17-6-4-15(18)5-7-17/h2-7,9,14,19H,8,10-13,18H2,1H3. The molecule has 0 radical (unpaired) electrons. The molecule has 0 spiro atoms. The first-order valence-corrected chi connectivity index (χ1v) is 9.57. The van der Waals surface area contributed by atoms with E-state index in [1.165, 1.54) is 5.69 Å². The van der Waals surface area contributed by atoms with Gasteiger partial charge in [-0.2, -0.15) is 4.31 Å². The number of nitrogens with two attached hydrogens (primary N) is 1. The van der Waals surface area contributed by atoms with Gasteiger partial charge in [0.15, 0.2) is 0 Å². The molecule has 24 heavy (non-hydrogen) atoms. The van der Waals surface area contributed by atoms with E-state index in [4.69, 9.17) is 5.73 Å². The molecule has 6 nitrogen and oxygen atoms in total. The average molecular weight is 348 g/mol. The summed E-state index contributed by atoms with van der Waals surface area (Å²) in [5.41, 5.74) is 7.42. The van der Waals surface area contributed by atoms with Crippen LogP contribution in [0.3, 0.4) is 0 Å². The molecule has 1 fully saturated rings. The third-order valence-corrected chi connectivity index (χ3v) is 6.44. The summed E-state index contributed by atoms with van der Waals surface area (Å²) >= 11 is 0. The Labute approximate surface area is 143 Å². The van der Waals surface area contributed by atoms with Crippen molar-refractivity contribution >= 4 is 15.7 Å². The summed E-state index contributed by atoms with van der Waals surface area (Å²) in [5, 5.41) is 3.43. The summed E-state index contributed by atoms with van der Waals surface area (Å²) < 4.78 is 29.0. The quantitative estimate of drug-likeness (QED) is 0.774. The van der Waals surface area contributed by atoms with Crippen molar-refractivity contribution in [3.63, 3.8) is 0 Å². The van der Waals surface area contributed by atoms with Crippen LogP contribution in [0.25, 0.3) is 0 Å². The predicted molar refractivity (Wildman–Crippen MR) is 94.8 cm³/mol. The maximum atomic E-state index is 12.7. The van der Waals surface area contributed by atoms with Crippen LogP contribution in [0.2, 0.25) is 0 Å². The molecule has 7 heteroatoms. The summed E-state index contributed by atoms with van der Waals surface area (Å²) in [6.07, 6.45) is 2.90. The van der Waals surface area contributed by atoms with E-state index < -0.39 is 10.0 Å². The second-order valence-corrected chi connectivity index (χ2v) is 8.27. The summed E-state index contributed by atoms with van der Waals surface area (Å²) in [7, 11) is -1.40. The molecule has 1 aliphatic heterocycles. The van der Waals surface area contributed by atoms with Gasteiger partial charge in [-0.15, -0.1) is 0 Å². The van der Waals surface area contributed by atoms with E-state index in [1.54, 1.807) is 28.6 Å². The van der Waals surface area contributed by atoms with Gasteiger partial charge in [0.1, 0.15) is 0 Å². The molecule has 0 saturated carbocycles. The summed E-state index contributed by atoms with van der Waals surface area (Å²) in [6.45, 7) is 2.75. The number of rotatable bonds is 6. The van der Waals surface area contributed by atoms with E-state index in [2.05, 4.69) is 16.0 Å². The minimum Gasteiger partial charge on any atom is -0.399 e. The van der Waals surface area contributed by atoms with Gasteiger partial charge in [-0.1, -0.05) is 0 Å². The number of nitrogens with one attached hydrogen (secondary N) is 1.